The number of amides is 1. The van der Waals surface area contributed by atoms with E-state index in [1.165, 1.54) is 0 Å². The number of hydrogen-bond donors (Lipinski definition) is 2. The predicted octanol–water partition coefficient (Wildman–Crippen LogP) is 5.89. The Bertz CT molecular complexity index is 1250. The lowest BCUT2D eigenvalue weighted by atomic mass is 10.1. The Labute approximate surface area is 184 Å². The van der Waals surface area contributed by atoms with Gasteiger partial charge in [0.05, 0.1) is 0 Å². The van der Waals surface area contributed by atoms with Gasteiger partial charge in [-0.1, -0.05) is 17.7 Å². The molecule has 0 saturated carbocycles. The standard InChI is InChI=1S/C23H18ClN3O2S/c1-13-11-14(2)20-19(12-13)26-22(29-20)16-5-9-18(10-6-16)25-23(30)27-21(28)15-3-7-17(24)8-4-15/h3-12H,1-2H3,(H2,25,27,28,30). The maximum Gasteiger partial charge on any atom is 0.257 e. The van der Waals surface area contributed by atoms with Gasteiger partial charge in [-0.2, -0.15) is 0 Å². The quantitative estimate of drug-likeness (QED) is 0.392. The number of thiocarbonyl (C=S) groups is 1. The van der Waals surface area contributed by atoms with E-state index in [4.69, 9.17) is 28.2 Å². The smallest absolute Gasteiger partial charge is 0.257 e. The second kappa shape index (κ2) is 8.26. The highest BCUT2D eigenvalue weighted by Crippen LogP contribution is 2.28. The molecule has 2 N–H and O–H groups in total. The monoisotopic (exact) mass is 435 g/mol. The first-order valence-corrected chi connectivity index (χ1v) is 10.0. The second-order valence-corrected chi connectivity index (χ2v) is 7.79. The van der Waals surface area contributed by atoms with Gasteiger partial charge in [0.1, 0.15) is 5.52 Å². The maximum atomic E-state index is 12.2. The Balaban J connectivity index is 1.44. The molecule has 0 saturated heterocycles. The van der Waals surface area contributed by atoms with Crippen LogP contribution in [-0.2, 0) is 0 Å². The molecule has 0 unspecified atom stereocenters. The lowest BCUT2D eigenvalue weighted by Gasteiger charge is -2.10. The average molecular weight is 436 g/mol. The molecule has 150 valence electrons. The van der Waals surface area contributed by atoms with Crippen LogP contribution in [0.1, 0.15) is 21.5 Å². The number of halogens is 1. The number of carbonyl (C=O) groups excluding carboxylic acids is 1. The van der Waals surface area contributed by atoms with Crippen LogP contribution >= 0.6 is 23.8 Å². The number of nitrogens with zero attached hydrogens (tertiary/aromatic N) is 1. The molecule has 0 radical (unpaired) electrons. The third-order valence-corrected chi connectivity index (χ3v) is 5.00. The molecule has 0 aliphatic carbocycles. The summed E-state index contributed by atoms with van der Waals surface area (Å²) in [6.07, 6.45) is 0. The number of carbonyl (C=O) groups is 1. The van der Waals surface area contributed by atoms with Crippen molar-refractivity contribution < 1.29 is 9.21 Å². The SMILES string of the molecule is Cc1cc(C)c2oc(-c3ccc(NC(=S)NC(=O)c4ccc(Cl)cc4)cc3)nc2c1. The van der Waals surface area contributed by atoms with Crippen molar-refractivity contribution in [3.05, 3.63) is 82.4 Å². The van der Waals surface area contributed by atoms with Crippen molar-refractivity contribution >= 4 is 51.6 Å². The molecule has 0 spiro atoms. The zero-order chi connectivity index (χ0) is 21.3. The van der Waals surface area contributed by atoms with Crippen LogP contribution in [-0.4, -0.2) is 16.0 Å². The predicted molar refractivity (Wildman–Crippen MR) is 124 cm³/mol. The molecule has 4 aromatic rings. The topological polar surface area (TPSA) is 67.2 Å². The zero-order valence-corrected chi connectivity index (χ0v) is 17.9. The van der Waals surface area contributed by atoms with Crippen LogP contribution in [0.2, 0.25) is 5.02 Å². The van der Waals surface area contributed by atoms with E-state index < -0.39 is 0 Å². The molecule has 4 rings (SSSR count). The molecule has 3 aromatic carbocycles. The normalized spacial score (nSPS) is 10.8. The fourth-order valence-corrected chi connectivity index (χ4v) is 3.47. The Kier molecular flexibility index (Phi) is 5.53. The van der Waals surface area contributed by atoms with Gasteiger partial charge in [-0.15, -0.1) is 0 Å². The van der Waals surface area contributed by atoms with Gasteiger partial charge in [-0.25, -0.2) is 4.98 Å². The fourth-order valence-electron chi connectivity index (χ4n) is 3.14. The molecule has 30 heavy (non-hydrogen) atoms. The molecule has 5 nitrogen and oxygen atoms in total. The van der Waals surface area contributed by atoms with Crippen LogP contribution in [0.25, 0.3) is 22.6 Å². The van der Waals surface area contributed by atoms with Gasteiger partial charge in [0.25, 0.3) is 5.91 Å². The van der Waals surface area contributed by atoms with E-state index in [1.54, 1.807) is 24.3 Å². The first-order chi connectivity index (χ1) is 14.4. The van der Waals surface area contributed by atoms with Gasteiger partial charge in [0.2, 0.25) is 5.89 Å². The summed E-state index contributed by atoms with van der Waals surface area (Å²) in [6.45, 7) is 4.05. The fraction of sp³-hybridized carbons (Fsp3) is 0.0870. The van der Waals surface area contributed by atoms with Crippen molar-refractivity contribution in [2.24, 2.45) is 0 Å². The van der Waals surface area contributed by atoms with E-state index in [-0.39, 0.29) is 11.0 Å². The maximum absolute atomic E-state index is 12.2. The molecular weight excluding hydrogens is 418 g/mol. The minimum Gasteiger partial charge on any atom is -0.436 e. The number of aromatic nitrogens is 1. The van der Waals surface area contributed by atoms with Crippen LogP contribution in [0, 0.1) is 13.8 Å². The summed E-state index contributed by atoms with van der Waals surface area (Å²) in [5.41, 5.74) is 5.91. The zero-order valence-electron chi connectivity index (χ0n) is 16.3. The van der Waals surface area contributed by atoms with Gasteiger partial charge in [0, 0.05) is 21.8 Å². The van der Waals surface area contributed by atoms with Gasteiger partial charge < -0.3 is 9.73 Å². The van der Waals surface area contributed by atoms with Gasteiger partial charge in [-0.3, -0.25) is 10.1 Å². The minimum atomic E-state index is -0.307. The summed E-state index contributed by atoms with van der Waals surface area (Å²) in [5, 5.41) is 6.42. The molecule has 1 aromatic heterocycles. The number of benzene rings is 3. The van der Waals surface area contributed by atoms with Crippen molar-refractivity contribution in [2.75, 3.05) is 5.32 Å². The van der Waals surface area contributed by atoms with Crippen molar-refractivity contribution in [3.63, 3.8) is 0 Å². The first-order valence-electron chi connectivity index (χ1n) is 9.25. The lowest BCUT2D eigenvalue weighted by molar-refractivity contribution is 0.0977. The summed E-state index contributed by atoms with van der Waals surface area (Å²) in [5.74, 6) is 0.252. The summed E-state index contributed by atoms with van der Waals surface area (Å²) in [7, 11) is 0. The lowest BCUT2D eigenvalue weighted by Crippen LogP contribution is -2.34. The van der Waals surface area contributed by atoms with Crippen molar-refractivity contribution in [3.8, 4) is 11.5 Å². The second-order valence-electron chi connectivity index (χ2n) is 6.94. The van der Waals surface area contributed by atoms with Crippen LogP contribution in [0.4, 0.5) is 5.69 Å². The summed E-state index contributed by atoms with van der Waals surface area (Å²) < 4.78 is 5.95. The Morgan fingerprint density at radius 3 is 2.43 bits per heavy atom. The number of hydrogen-bond acceptors (Lipinski definition) is 4. The highest BCUT2D eigenvalue weighted by atomic mass is 35.5. The summed E-state index contributed by atoms with van der Waals surface area (Å²) >= 11 is 11.1. The molecule has 7 heteroatoms. The van der Waals surface area contributed by atoms with Crippen molar-refractivity contribution in [2.45, 2.75) is 13.8 Å². The molecule has 0 bridgehead atoms. The Morgan fingerprint density at radius 2 is 1.73 bits per heavy atom. The van der Waals surface area contributed by atoms with E-state index in [9.17, 15) is 4.79 Å². The molecule has 0 fully saturated rings. The van der Waals surface area contributed by atoms with Crippen LogP contribution in [0.15, 0.2) is 65.1 Å². The third kappa shape index (κ3) is 4.35. The highest BCUT2D eigenvalue weighted by Gasteiger charge is 2.12. The third-order valence-electron chi connectivity index (χ3n) is 4.54. The van der Waals surface area contributed by atoms with Crippen LogP contribution < -0.4 is 10.6 Å². The number of fused-ring (bicyclic) bond motifs is 1. The Hall–Kier alpha value is -3.22. The van der Waals surface area contributed by atoms with E-state index in [0.29, 0.717) is 16.5 Å². The molecule has 1 amide bonds. The van der Waals surface area contributed by atoms with Gasteiger partial charge in [-0.05, 0) is 91.8 Å². The molecule has 0 atom stereocenters. The molecular formula is C23H18ClN3O2S. The number of anilines is 1. The van der Waals surface area contributed by atoms with Crippen molar-refractivity contribution in [1.29, 1.82) is 0 Å². The van der Waals surface area contributed by atoms with E-state index in [0.717, 1.165) is 33.5 Å². The van der Waals surface area contributed by atoms with Crippen LogP contribution in [0.5, 0.6) is 0 Å². The minimum absolute atomic E-state index is 0.204. The summed E-state index contributed by atoms with van der Waals surface area (Å²) in [4.78, 5) is 16.8. The number of aryl methyl sites for hydroxylation is 2. The van der Waals surface area contributed by atoms with E-state index in [1.807, 2.05) is 44.2 Å². The average Bonchev–Trinajstić information content (AvgIpc) is 3.13. The van der Waals surface area contributed by atoms with Crippen molar-refractivity contribution in [1.82, 2.24) is 10.3 Å². The number of nitrogens with one attached hydrogen (secondary N) is 2. The summed E-state index contributed by atoms with van der Waals surface area (Å²) in [6, 6.07) is 18.1. The molecule has 0 aliphatic rings. The molecule has 0 aliphatic heterocycles. The van der Waals surface area contributed by atoms with Crippen LogP contribution in [0.3, 0.4) is 0 Å². The van der Waals surface area contributed by atoms with Gasteiger partial charge >= 0.3 is 0 Å². The number of oxazole rings is 1. The van der Waals surface area contributed by atoms with Gasteiger partial charge in [0.15, 0.2) is 10.7 Å². The van der Waals surface area contributed by atoms with E-state index >= 15 is 0 Å². The first kappa shape index (κ1) is 20.1. The molecule has 1 heterocycles. The Morgan fingerprint density at radius 1 is 1.03 bits per heavy atom. The highest BCUT2D eigenvalue weighted by molar-refractivity contribution is 7.80. The largest absolute Gasteiger partial charge is 0.436 e. The number of rotatable bonds is 3. The van der Waals surface area contributed by atoms with E-state index in [2.05, 4.69) is 21.7 Å².